The van der Waals surface area contributed by atoms with Crippen LogP contribution in [-0.2, 0) is 13.1 Å². The molecule has 0 fully saturated rings. The molecule has 1 atom stereocenters. The second-order valence-electron chi connectivity index (χ2n) is 6.40. The highest BCUT2D eigenvalue weighted by molar-refractivity contribution is 7.80. The molecule has 1 aromatic heterocycles. The molecule has 1 unspecified atom stereocenters. The predicted octanol–water partition coefficient (Wildman–Crippen LogP) is 3.63. The summed E-state index contributed by atoms with van der Waals surface area (Å²) in [5.41, 5.74) is 0.723. The number of hydrogen-bond donors (Lipinski definition) is 3. The van der Waals surface area contributed by atoms with Gasteiger partial charge in [-0.2, -0.15) is 0 Å². The van der Waals surface area contributed by atoms with E-state index in [4.69, 9.17) is 33.0 Å². The Morgan fingerprint density at radius 1 is 1.22 bits per heavy atom. The molecule has 0 aliphatic carbocycles. The minimum Gasteiger partial charge on any atom is -0.495 e. The molecule has 1 aromatic carbocycles. The highest BCUT2D eigenvalue weighted by Crippen LogP contribution is 2.27. The SMILES string of the molecule is CCCC[NH+](CC)Cc1ccc(CNC(=S)Nc2cc(Cl)ccc2OC)o1. The molecule has 27 heavy (non-hydrogen) atoms. The van der Waals surface area contributed by atoms with Crippen molar-refractivity contribution in [1.82, 2.24) is 5.32 Å². The molecule has 7 heteroatoms. The number of rotatable bonds is 10. The first-order chi connectivity index (χ1) is 13.0. The summed E-state index contributed by atoms with van der Waals surface area (Å²) in [6, 6.07) is 9.39. The smallest absolute Gasteiger partial charge is 0.171 e. The molecule has 0 aliphatic rings. The summed E-state index contributed by atoms with van der Waals surface area (Å²) in [6.45, 7) is 8.15. The standard InChI is InChI=1S/C20H28ClN3O2S/c1-4-6-11-24(5-2)14-17-9-8-16(26-17)13-22-20(27)23-18-12-15(21)7-10-19(18)25-3/h7-10,12H,4-6,11,13-14H2,1-3H3,(H2,22,23,27)/p+1. The maximum Gasteiger partial charge on any atom is 0.171 e. The van der Waals surface area contributed by atoms with E-state index in [-0.39, 0.29) is 0 Å². The lowest BCUT2D eigenvalue weighted by Crippen LogP contribution is -3.10. The third kappa shape index (κ3) is 7.05. The van der Waals surface area contributed by atoms with Gasteiger partial charge in [0.1, 0.15) is 18.1 Å². The summed E-state index contributed by atoms with van der Waals surface area (Å²) < 4.78 is 11.3. The Morgan fingerprint density at radius 2 is 2.00 bits per heavy atom. The maximum absolute atomic E-state index is 6.04. The Balaban J connectivity index is 1.85. The Morgan fingerprint density at radius 3 is 2.70 bits per heavy atom. The van der Waals surface area contributed by atoms with E-state index >= 15 is 0 Å². The van der Waals surface area contributed by atoms with Gasteiger partial charge in [0.2, 0.25) is 0 Å². The summed E-state index contributed by atoms with van der Waals surface area (Å²) >= 11 is 11.4. The molecule has 0 aliphatic heterocycles. The minimum absolute atomic E-state index is 0.484. The van der Waals surface area contributed by atoms with Gasteiger partial charge in [-0.3, -0.25) is 0 Å². The van der Waals surface area contributed by atoms with Crippen LogP contribution in [-0.4, -0.2) is 25.3 Å². The average molecular weight is 411 g/mol. The van der Waals surface area contributed by atoms with E-state index in [1.54, 1.807) is 25.3 Å². The van der Waals surface area contributed by atoms with Crippen LogP contribution in [0.4, 0.5) is 5.69 Å². The Labute approximate surface area is 172 Å². The first-order valence-corrected chi connectivity index (χ1v) is 10.1. The van der Waals surface area contributed by atoms with Crippen LogP contribution in [0, 0.1) is 0 Å². The van der Waals surface area contributed by atoms with Crippen molar-refractivity contribution in [3.05, 3.63) is 46.9 Å². The molecule has 2 aromatic rings. The summed E-state index contributed by atoms with van der Waals surface area (Å²) in [4.78, 5) is 1.54. The van der Waals surface area contributed by atoms with Crippen LogP contribution < -0.4 is 20.3 Å². The highest BCUT2D eigenvalue weighted by Gasteiger charge is 2.11. The molecule has 0 amide bonds. The zero-order valence-electron chi connectivity index (χ0n) is 16.2. The van der Waals surface area contributed by atoms with Gasteiger partial charge in [0.25, 0.3) is 0 Å². The van der Waals surface area contributed by atoms with Crippen molar-refractivity contribution in [2.24, 2.45) is 0 Å². The fraction of sp³-hybridized carbons (Fsp3) is 0.450. The lowest BCUT2D eigenvalue weighted by molar-refractivity contribution is -0.913. The monoisotopic (exact) mass is 410 g/mol. The Bertz CT molecular complexity index is 736. The molecule has 2 rings (SSSR count). The molecule has 148 valence electrons. The van der Waals surface area contributed by atoms with Crippen LogP contribution in [0.1, 0.15) is 38.2 Å². The highest BCUT2D eigenvalue weighted by atomic mass is 35.5. The van der Waals surface area contributed by atoms with Gasteiger partial charge in [-0.1, -0.05) is 24.9 Å². The zero-order valence-corrected chi connectivity index (χ0v) is 17.8. The first kappa shape index (κ1) is 21.5. The molecule has 0 bridgehead atoms. The largest absolute Gasteiger partial charge is 0.495 e. The summed E-state index contributed by atoms with van der Waals surface area (Å²) in [5.74, 6) is 2.55. The molecule has 1 heterocycles. The van der Waals surface area contributed by atoms with E-state index in [1.165, 1.54) is 24.3 Å². The number of quaternary nitrogens is 1. The molecule has 0 radical (unpaired) electrons. The predicted molar refractivity (Wildman–Crippen MR) is 115 cm³/mol. The van der Waals surface area contributed by atoms with Crippen molar-refractivity contribution in [1.29, 1.82) is 0 Å². The van der Waals surface area contributed by atoms with Crippen molar-refractivity contribution >= 4 is 34.6 Å². The van der Waals surface area contributed by atoms with Gasteiger partial charge < -0.3 is 24.7 Å². The van der Waals surface area contributed by atoms with Gasteiger partial charge in [-0.05, 0) is 55.9 Å². The molecular formula is C20H29ClN3O2S+. The molecule has 0 spiro atoms. The lowest BCUT2D eigenvalue weighted by Gasteiger charge is -2.15. The quantitative estimate of drug-likeness (QED) is 0.522. The summed E-state index contributed by atoms with van der Waals surface area (Å²) in [6.07, 6.45) is 2.46. The van der Waals surface area contributed by atoms with E-state index < -0.39 is 0 Å². The number of benzene rings is 1. The summed E-state index contributed by atoms with van der Waals surface area (Å²) in [7, 11) is 1.61. The van der Waals surface area contributed by atoms with Crippen LogP contribution in [0.3, 0.4) is 0 Å². The molecule has 0 saturated heterocycles. The van der Waals surface area contributed by atoms with E-state index in [0.717, 1.165) is 30.3 Å². The van der Waals surface area contributed by atoms with Crippen molar-refractivity contribution in [3.8, 4) is 5.75 Å². The number of unbranched alkanes of at least 4 members (excludes halogenated alkanes) is 1. The maximum atomic E-state index is 6.04. The minimum atomic E-state index is 0.484. The van der Waals surface area contributed by atoms with Crippen LogP contribution in [0.5, 0.6) is 5.75 Å². The van der Waals surface area contributed by atoms with Crippen molar-refractivity contribution < 1.29 is 14.1 Å². The topological polar surface area (TPSA) is 50.9 Å². The molecule has 5 nitrogen and oxygen atoms in total. The van der Waals surface area contributed by atoms with E-state index in [2.05, 4.69) is 30.5 Å². The van der Waals surface area contributed by atoms with Gasteiger partial charge in [0, 0.05) is 5.02 Å². The molecular weight excluding hydrogens is 382 g/mol. The third-order valence-corrected chi connectivity index (χ3v) is 4.84. The number of hydrogen-bond acceptors (Lipinski definition) is 3. The number of halogens is 1. The number of ether oxygens (including phenoxy) is 1. The number of furan rings is 1. The summed E-state index contributed by atoms with van der Waals surface area (Å²) in [5, 5.41) is 7.36. The zero-order chi connectivity index (χ0) is 19.6. The number of methoxy groups -OCH3 is 1. The fourth-order valence-corrected chi connectivity index (χ4v) is 3.14. The number of thiocarbonyl (C=S) groups is 1. The van der Waals surface area contributed by atoms with Crippen LogP contribution in [0.25, 0.3) is 0 Å². The second kappa shape index (κ2) is 11.2. The Hall–Kier alpha value is -1.76. The lowest BCUT2D eigenvalue weighted by atomic mass is 10.3. The number of nitrogens with one attached hydrogen (secondary N) is 3. The van der Waals surface area contributed by atoms with Crippen molar-refractivity contribution in [3.63, 3.8) is 0 Å². The third-order valence-electron chi connectivity index (χ3n) is 4.36. The van der Waals surface area contributed by atoms with Gasteiger partial charge in [0.15, 0.2) is 10.9 Å². The molecule has 3 N–H and O–H groups in total. The van der Waals surface area contributed by atoms with Gasteiger partial charge in [0.05, 0.1) is 32.4 Å². The first-order valence-electron chi connectivity index (χ1n) is 9.35. The van der Waals surface area contributed by atoms with Crippen LogP contribution in [0.2, 0.25) is 5.02 Å². The fourth-order valence-electron chi connectivity index (χ4n) is 2.79. The van der Waals surface area contributed by atoms with Crippen LogP contribution >= 0.6 is 23.8 Å². The normalized spacial score (nSPS) is 11.9. The second-order valence-corrected chi connectivity index (χ2v) is 7.25. The molecule has 0 saturated carbocycles. The van der Waals surface area contributed by atoms with E-state index in [9.17, 15) is 0 Å². The van der Waals surface area contributed by atoms with Crippen LogP contribution in [0.15, 0.2) is 34.7 Å². The van der Waals surface area contributed by atoms with Gasteiger partial charge in [-0.25, -0.2) is 0 Å². The van der Waals surface area contributed by atoms with E-state index in [1.807, 2.05) is 6.07 Å². The average Bonchev–Trinajstić information content (AvgIpc) is 3.11. The number of anilines is 1. The Kier molecular flexibility index (Phi) is 8.91. The van der Waals surface area contributed by atoms with Crippen molar-refractivity contribution in [2.45, 2.75) is 39.8 Å². The van der Waals surface area contributed by atoms with Gasteiger partial charge >= 0.3 is 0 Å². The van der Waals surface area contributed by atoms with Crippen molar-refractivity contribution in [2.75, 3.05) is 25.5 Å². The van der Waals surface area contributed by atoms with Gasteiger partial charge in [-0.15, -0.1) is 0 Å². The van der Waals surface area contributed by atoms with E-state index in [0.29, 0.717) is 22.4 Å².